The molecule has 1 atom stereocenters. The zero-order valence-electron chi connectivity index (χ0n) is 13.3. The molecule has 2 aromatic heterocycles. The molecule has 0 radical (unpaired) electrons. The van der Waals surface area contributed by atoms with Crippen LogP contribution in [-0.4, -0.2) is 44.7 Å². The molecule has 0 amide bonds. The van der Waals surface area contributed by atoms with Gasteiger partial charge in [-0.3, -0.25) is 10.00 Å². The topological polar surface area (TPSA) is 60.9 Å². The molecule has 1 unspecified atom stereocenters. The lowest BCUT2D eigenvalue weighted by atomic mass is 10.2. The van der Waals surface area contributed by atoms with Gasteiger partial charge in [-0.05, 0) is 39.2 Å². The van der Waals surface area contributed by atoms with Gasteiger partial charge in [-0.1, -0.05) is 22.9 Å². The summed E-state index contributed by atoms with van der Waals surface area (Å²) in [7, 11) is 0. The Hall–Kier alpha value is -1.18. The Morgan fingerprint density at radius 2 is 2.04 bits per heavy atom. The van der Waals surface area contributed by atoms with Gasteiger partial charge in [-0.15, -0.1) is 0 Å². The number of aryl methyl sites for hydroxylation is 1. The van der Waals surface area contributed by atoms with Gasteiger partial charge in [0, 0.05) is 19.6 Å². The second-order valence-corrected chi connectivity index (χ2v) is 7.73. The van der Waals surface area contributed by atoms with Crippen molar-refractivity contribution in [2.75, 3.05) is 24.5 Å². The summed E-state index contributed by atoms with van der Waals surface area (Å²) in [6.07, 6.45) is 4.79. The molecule has 23 heavy (non-hydrogen) atoms. The van der Waals surface area contributed by atoms with E-state index < -0.39 is 0 Å². The molecule has 2 aromatic rings. The van der Waals surface area contributed by atoms with E-state index in [0.29, 0.717) is 5.15 Å². The van der Waals surface area contributed by atoms with Gasteiger partial charge in [-0.25, -0.2) is 9.97 Å². The van der Waals surface area contributed by atoms with Crippen molar-refractivity contribution in [3.63, 3.8) is 0 Å². The molecule has 0 bridgehead atoms. The number of H-pyrrole nitrogens is 1. The lowest BCUT2D eigenvalue weighted by Crippen LogP contribution is -2.23. The minimum absolute atomic E-state index is 0.286. The highest BCUT2D eigenvalue weighted by Gasteiger charge is 2.30. The number of hydrogen-bond acceptors (Lipinski definition) is 6. The number of aromatic nitrogens is 4. The van der Waals surface area contributed by atoms with E-state index in [1.807, 2.05) is 6.92 Å². The van der Waals surface area contributed by atoms with Crippen molar-refractivity contribution in [2.24, 2.45) is 0 Å². The van der Waals surface area contributed by atoms with E-state index in [0.717, 1.165) is 54.3 Å². The van der Waals surface area contributed by atoms with Crippen LogP contribution in [0.25, 0.3) is 0 Å². The van der Waals surface area contributed by atoms with E-state index in [1.165, 1.54) is 19.3 Å². The number of thiazole rings is 1. The van der Waals surface area contributed by atoms with Gasteiger partial charge in [0.2, 0.25) is 0 Å². The Bertz CT molecular complexity index is 677. The van der Waals surface area contributed by atoms with Gasteiger partial charge in [-0.2, -0.15) is 5.10 Å². The van der Waals surface area contributed by atoms with Crippen LogP contribution in [0.2, 0.25) is 5.15 Å². The number of likely N-dealkylation sites (tertiary alicyclic amines) is 1. The summed E-state index contributed by atoms with van der Waals surface area (Å²) in [5.74, 6) is 1.78. The Morgan fingerprint density at radius 3 is 2.78 bits per heavy atom. The van der Waals surface area contributed by atoms with Gasteiger partial charge in [0.05, 0.1) is 10.9 Å². The van der Waals surface area contributed by atoms with Crippen LogP contribution in [0, 0.1) is 6.92 Å². The third-order valence-corrected chi connectivity index (χ3v) is 6.16. The zero-order chi connectivity index (χ0) is 15.8. The van der Waals surface area contributed by atoms with Crippen LogP contribution in [0.1, 0.15) is 48.3 Å². The molecule has 0 spiro atoms. The number of nitrogens with zero attached hydrogens (tertiary/aromatic N) is 5. The molecule has 2 saturated heterocycles. The molecule has 2 aliphatic heterocycles. The Labute approximate surface area is 144 Å². The van der Waals surface area contributed by atoms with Crippen molar-refractivity contribution in [1.29, 1.82) is 0 Å². The van der Waals surface area contributed by atoms with Crippen LogP contribution in [0.3, 0.4) is 0 Å². The van der Waals surface area contributed by atoms with E-state index in [9.17, 15) is 0 Å². The highest BCUT2D eigenvalue weighted by atomic mass is 35.5. The first kappa shape index (κ1) is 15.4. The summed E-state index contributed by atoms with van der Waals surface area (Å²) in [5.41, 5.74) is 0. The fourth-order valence-electron chi connectivity index (χ4n) is 3.46. The molecule has 0 aromatic carbocycles. The molecule has 0 saturated carbocycles. The molecule has 8 heteroatoms. The van der Waals surface area contributed by atoms with Crippen molar-refractivity contribution in [3.8, 4) is 0 Å². The summed E-state index contributed by atoms with van der Waals surface area (Å²) >= 11 is 8.15. The van der Waals surface area contributed by atoms with E-state index in [4.69, 9.17) is 11.6 Å². The number of rotatable bonds is 4. The summed E-state index contributed by atoms with van der Waals surface area (Å²) in [5, 5.41) is 9.04. The van der Waals surface area contributed by atoms with Crippen molar-refractivity contribution < 1.29 is 0 Å². The van der Waals surface area contributed by atoms with E-state index in [1.54, 1.807) is 11.3 Å². The largest absolute Gasteiger partial charge is 0.348 e. The van der Waals surface area contributed by atoms with E-state index >= 15 is 0 Å². The van der Waals surface area contributed by atoms with E-state index in [2.05, 4.69) is 30.0 Å². The first-order chi connectivity index (χ1) is 11.2. The third-order valence-electron chi connectivity index (χ3n) is 4.64. The molecule has 2 aliphatic rings. The smallest absolute Gasteiger partial charge is 0.187 e. The number of hydrogen-bond donors (Lipinski definition) is 1. The normalized spacial score (nSPS) is 22.3. The molecular formula is C15H21ClN6S. The number of aromatic amines is 1. The van der Waals surface area contributed by atoms with Crippen molar-refractivity contribution in [1.82, 2.24) is 25.1 Å². The number of halogens is 1. The molecule has 4 rings (SSSR count). The highest BCUT2D eigenvalue weighted by molar-refractivity contribution is 7.16. The minimum Gasteiger partial charge on any atom is -0.348 e. The van der Waals surface area contributed by atoms with Gasteiger partial charge in [0.1, 0.15) is 11.0 Å². The Kier molecular flexibility index (Phi) is 4.26. The summed E-state index contributed by atoms with van der Waals surface area (Å²) in [6, 6.07) is 0.286. The first-order valence-corrected chi connectivity index (χ1v) is 9.43. The average molecular weight is 353 g/mol. The quantitative estimate of drug-likeness (QED) is 0.915. The van der Waals surface area contributed by atoms with Crippen molar-refractivity contribution >= 4 is 28.1 Å². The van der Waals surface area contributed by atoms with Crippen LogP contribution >= 0.6 is 22.9 Å². The van der Waals surface area contributed by atoms with Gasteiger partial charge in [0.25, 0.3) is 0 Å². The summed E-state index contributed by atoms with van der Waals surface area (Å²) in [4.78, 5) is 15.0. The molecule has 2 fully saturated rings. The predicted molar refractivity (Wildman–Crippen MR) is 92.1 cm³/mol. The van der Waals surface area contributed by atoms with E-state index in [-0.39, 0.29) is 6.04 Å². The second kappa shape index (κ2) is 6.37. The fraction of sp³-hybridized carbons (Fsp3) is 0.667. The van der Waals surface area contributed by atoms with Crippen LogP contribution < -0.4 is 4.90 Å². The maximum atomic E-state index is 6.41. The van der Waals surface area contributed by atoms with Gasteiger partial charge < -0.3 is 4.90 Å². The van der Waals surface area contributed by atoms with Crippen LogP contribution in [0.4, 0.5) is 5.13 Å². The van der Waals surface area contributed by atoms with Crippen molar-refractivity contribution in [3.05, 3.63) is 21.7 Å². The molecule has 124 valence electrons. The Balaban J connectivity index is 1.50. The first-order valence-electron chi connectivity index (χ1n) is 8.24. The number of nitrogens with one attached hydrogen (secondary N) is 1. The minimum atomic E-state index is 0.286. The van der Waals surface area contributed by atoms with Gasteiger partial charge in [0.15, 0.2) is 11.0 Å². The summed E-state index contributed by atoms with van der Waals surface area (Å²) < 4.78 is 0. The Morgan fingerprint density at radius 1 is 1.22 bits per heavy atom. The predicted octanol–water partition coefficient (Wildman–Crippen LogP) is 3.16. The lowest BCUT2D eigenvalue weighted by Gasteiger charge is -2.21. The fourth-order valence-corrected chi connectivity index (χ4v) is 4.80. The average Bonchev–Trinajstić information content (AvgIpc) is 3.28. The zero-order valence-corrected chi connectivity index (χ0v) is 14.8. The SMILES string of the molecule is Cc1nc(C2CCCN2Cc2sc(N3CCCC3)nc2Cl)n[nH]1. The highest BCUT2D eigenvalue weighted by Crippen LogP contribution is 2.36. The second-order valence-electron chi connectivity index (χ2n) is 6.31. The van der Waals surface area contributed by atoms with Gasteiger partial charge >= 0.3 is 0 Å². The van der Waals surface area contributed by atoms with Crippen molar-refractivity contribution in [2.45, 2.75) is 45.2 Å². The van der Waals surface area contributed by atoms with Crippen LogP contribution in [-0.2, 0) is 6.54 Å². The third kappa shape index (κ3) is 3.09. The molecule has 1 N–H and O–H groups in total. The monoisotopic (exact) mass is 352 g/mol. The maximum absolute atomic E-state index is 6.41. The molecule has 4 heterocycles. The molecule has 0 aliphatic carbocycles. The maximum Gasteiger partial charge on any atom is 0.187 e. The van der Waals surface area contributed by atoms with Crippen LogP contribution in [0.15, 0.2) is 0 Å². The molecular weight excluding hydrogens is 332 g/mol. The standard InChI is InChI=1S/C15H21ClN6S/c1-10-17-14(20-19-10)11-5-4-8-22(11)9-12-13(16)18-15(23-12)21-6-2-3-7-21/h11H,2-9H2,1H3,(H,17,19,20). The van der Waals surface area contributed by atoms with Crippen LogP contribution in [0.5, 0.6) is 0 Å². The molecule has 6 nitrogen and oxygen atoms in total. The number of anilines is 1. The lowest BCUT2D eigenvalue weighted by molar-refractivity contribution is 0.242. The summed E-state index contributed by atoms with van der Waals surface area (Å²) in [6.45, 7) is 6.05.